The molecular formula is C17H21N5O. The minimum Gasteiger partial charge on any atom is -0.483 e. The predicted octanol–water partition coefficient (Wildman–Crippen LogP) is 1.53. The Bertz CT molecular complexity index is 695. The lowest BCUT2D eigenvalue weighted by atomic mass is 10.1. The molecule has 0 radical (unpaired) electrons. The van der Waals surface area contributed by atoms with Crippen molar-refractivity contribution in [2.75, 3.05) is 30.8 Å². The molecule has 1 fully saturated rings. The number of hydrogen-bond acceptors (Lipinski definition) is 6. The molecule has 0 aliphatic carbocycles. The molecule has 3 heterocycles. The van der Waals surface area contributed by atoms with Crippen LogP contribution in [0.25, 0.3) is 0 Å². The fourth-order valence-electron chi connectivity index (χ4n) is 3.35. The van der Waals surface area contributed by atoms with Crippen LogP contribution in [-0.2, 0) is 6.42 Å². The number of hydrogen-bond donors (Lipinski definition) is 2. The van der Waals surface area contributed by atoms with E-state index in [0.717, 1.165) is 43.2 Å². The SMILES string of the molecule is CNC1CCN(c2cc([C@H]3Cc4ccccc4O3)nc(N)n2)C1. The molecular weight excluding hydrogens is 290 g/mol. The monoisotopic (exact) mass is 311 g/mol. The van der Waals surface area contributed by atoms with Crippen molar-refractivity contribution in [2.24, 2.45) is 0 Å². The first-order valence-electron chi connectivity index (χ1n) is 8.04. The molecule has 0 bridgehead atoms. The topological polar surface area (TPSA) is 76.3 Å². The largest absolute Gasteiger partial charge is 0.483 e. The Kier molecular flexibility index (Phi) is 3.53. The second-order valence-corrected chi connectivity index (χ2v) is 6.15. The summed E-state index contributed by atoms with van der Waals surface area (Å²) in [7, 11) is 2.00. The van der Waals surface area contributed by atoms with E-state index >= 15 is 0 Å². The van der Waals surface area contributed by atoms with Crippen LogP contribution in [0.5, 0.6) is 5.75 Å². The zero-order valence-electron chi connectivity index (χ0n) is 13.2. The molecule has 2 aromatic rings. The van der Waals surface area contributed by atoms with E-state index in [9.17, 15) is 0 Å². The van der Waals surface area contributed by atoms with Crippen LogP contribution in [-0.4, -0.2) is 36.1 Å². The summed E-state index contributed by atoms with van der Waals surface area (Å²) in [5.41, 5.74) is 8.02. The number of para-hydroxylation sites is 1. The van der Waals surface area contributed by atoms with Crippen molar-refractivity contribution >= 4 is 11.8 Å². The van der Waals surface area contributed by atoms with Crippen molar-refractivity contribution in [1.29, 1.82) is 0 Å². The molecule has 1 aromatic heterocycles. The molecule has 3 N–H and O–H groups in total. The Labute approximate surface area is 135 Å². The standard InChI is InChI=1S/C17H21N5O/c1-19-12-6-7-22(10-12)16-9-13(20-17(18)21-16)15-8-11-4-2-3-5-14(11)23-15/h2-5,9,12,15,19H,6-8,10H2,1H3,(H2,18,20,21)/t12?,15-/m1/s1. The first-order valence-corrected chi connectivity index (χ1v) is 8.04. The maximum absolute atomic E-state index is 6.03. The Balaban J connectivity index is 1.59. The number of nitrogen functional groups attached to an aromatic ring is 1. The molecule has 6 heteroatoms. The van der Waals surface area contributed by atoms with E-state index in [1.807, 2.05) is 31.3 Å². The van der Waals surface area contributed by atoms with Crippen LogP contribution in [0.1, 0.15) is 23.8 Å². The Morgan fingerprint density at radius 1 is 1.30 bits per heavy atom. The smallest absolute Gasteiger partial charge is 0.222 e. The summed E-state index contributed by atoms with van der Waals surface area (Å²) in [5.74, 6) is 2.14. The van der Waals surface area contributed by atoms with E-state index in [-0.39, 0.29) is 6.10 Å². The lowest BCUT2D eigenvalue weighted by molar-refractivity contribution is 0.233. The van der Waals surface area contributed by atoms with Gasteiger partial charge in [0.15, 0.2) is 0 Å². The van der Waals surface area contributed by atoms with Gasteiger partial charge in [-0.3, -0.25) is 0 Å². The van der Waals surface area contributed by atoms with Crippen molar-refractivity contribution in [3.8, 4) is 5.75 Å². The predicted molar refractivity (Wildman–Crippen MR) is 89.6 cm³/mol. The highest BCUT2D eigenvalue weighted by Crippen LogP contribution is 2.36. The molecule has 0 saturated carbocycles. The molecule has 1 unspecified atom stereocenters. The Hall–Kier alpha value is -2.34. The van der Waals surface area contributed by atoms with Gasteiger partial charge >= 0.3 is 0 Å². The zero-order chi connectivity index (χ0) is 15.8. The number of fused-ring (bicyclic) bond motifs is 1. The van der Waals surface area contributed by atoms with Gasteiger partial charge in [0.2, 0.25) is 5.95 Å². The Morgan fingerprint density at radius 2 is 2.17 bits per heavy atom. The highest BCUT2D eigenvalue weighted by molar-refractivity contribution is 5.47. The lowest BCUT2D eigenvalue weighted by Crippen LogP contribution is -2.30. The van der Waals surface area contributed by atoms with E-state index in [0.29, 0.717) is 12.0 Å². The van der Waals surface area contributed by atoms with Crippen LogP contribution in [0, 0.1) is 0 Å². The van der Waals surface area contributed by atoms with Gasteiger partial charge < -0.3 is 20.7 Å². The fourth-order valence-corrected chi connectivity index (χ4v) is 3.35. The average molecular weight is 311 g/mol. The summed E-state index contributed by atoms with van der Waals surface area (Å²) in [6, 6.07) is 10.6. The van der Waals surface area contributed by atoms with Gasteiger partial charge in [-0.15, -0.1) is 0 Å². The molecule has 120 valence electrons. The van der Waals surface area contributed by atoms with Crippen molar-refractivity contribution < 1.29 is 4.74 Å². The van der Waals surface area contributed by atoms with E-state index in [4.69, 9.17) is 10.5 Å². The van der Waals surface area contributed by atoms with E-state index in [1.165, 1.54) is 5.56 Å². The summed E-state index contributed by atoms with van der Waals surface area (Å²) in [6.45, 7) is 1.92. The van der Waals surface area contributed by atoms with Crippen LogP contribution in [0.2, 0.25) is 0 Å². The van der Waals surface area contributed by atoms with Crippen molar-refractivity contribution in [3.63, 3.8) is 0 Å². The number of ether oxygens (including phenoxy) is 1. The average Bonchev–Trinajstić information content (AvgIpc) is 3.21. The molecule has 4 rings (SSSR count). The van der Waals surface area contributed by atoms with Crippen LogP contribution >= 0.6 is 0 Å². The van der Waals surface area contributed by atoms with Crippen LogP contribution in [0.4, 0.5) is 11.8 Å². The van der Waals surface area contributed by atoms with Gasteiger partial charge in [0.25, 0.3) is 0 Å². The minimum atomic E-state index is -0.0841. The third-order valence-electron chi connectivity index (χ3n) is 4.65. The maximum atomic E-state index is 6.03. The van der Waals surface area contributed by atoms with Crippen molar-refractivity contribution in [3.05, 3.63) is 41.6 Å². The zero-order valence-corrected chi connectivity index (χ0v) is 13.2. The summed E-state index contributed by atoms with van der Waals surface area (Å²) in [4.78, 5) is 11.1. The molecule has 6 nitrogen and oxygen atoms in total. The van der Waals surface area contributed by atoms with Gasteiger partial charge in [-0.1, -0.05) is 18.2 Å². The lowest BCUT2D eigenvalue weighted by Gasteiger charge is -2.19. The fraction of sp³-hybridized carbons (Fsp3) is 0.412. The summed E-state index contributed by atoms with van der Waals surface area (Å²) < 4.78 is 6.03. The van der Waals surface area contributed by atoms with Gasteiger partial charge in [0.05, 0.1) is 5.69 Å². The van der Waals surface area contributed by atoms with Gasteiger partial charge in [0, 0.05) is 31.6 Å². The molecule has 2 aliphatic rings. The van der Waals surface area contributed by atoms with Gasteiger partial charge in [0.1, 0.15) is 17.7 Å². The Morgan fingerprint density at radius 3 is 2.96 bits per heavy atom. The number of nitrogens with one attached hydrogen (secondary N) is 1. The highest BCUT2D eigenvalue weighted by Gasteiger charge is 2.28. The summed E-state index contributed by atoms with van der Waals surface area (Å²) in [5, 5.41) is 3.32. The molecule has 1 saturated heterocycles. The molecule has 0 spiro atoms. The van der Waals surface area contributed by atoms with E-state index in [1.54, 1.807) is 0 Å². The van der Waals surface area contributed by atoms with E-state index in [2.05, 4.69) is 26.3 Å². The number of rotatable bonds is 3. The summed E-state index contributed by atoms with van der Waals surface area (Å²) in [6.07, 6.45) is 1.85. The first-order chi connectivity index (χ1) is 11.2. The third kappa shape index (κ3) is 2.70. The molecule has 23 heavy (non-hydrogen) atoms. The highest BCUT2D eigenvalue weighted by atomic mass is 16.5. The van der Waals surface area contributed by atoms with Crippen LogP contribution in [0.15, 0.2) is 30.3 Å². The first kappa shape index (κ1) is 14.3. The third-order valence-corrected chi connectivity index (χ3v) is 4.65. The number of likely N-dealkylation sites (N-methyl/N-ethyl adjacent to an activating group) is 1. The van der Waals surface area contributed by atoms with Gasteiger partial charge in [-0.05, 0) is 25.1 Å². The van der Waals surface area contributed by atoms with Crippen LogP contribution in [0.3, 0.4) is 0 Å². The molecule has 2 aliphatic heterocycles. The molecule has 0 amide bonds. The van der Waals surface area contributed by atoms with Gasteiger partial charge in [-0.2, -0.15) is 4.98 Å². The second-order valence-electron chi connectivity index (χ2n) is 6.15. The van der Waals surface area contributed by atoms with Crippen molar-refractivity contribution in [1.82, 2.24) is 15.3 Å². The number of nitrogens with zero attached hydrogens (tertiary/aromatic N) is 3. The number of anilines is 2. The number of nitrogens with two attached hydrogens (primary N) is 1. The van der Waals surface area contributed by atoms with Crippen molar-refractivity contribution in [2.45, 2.75) is 25.0 Å². The van der Waals surface area contributed by atoms with E-state index < -0.39 is 0 Å². The minimum absolute atomic E-state index is 0.0841. The van der Waals surface area contributed by atoms with Crippen LogP contribution < -0.4 is 20.7 Å². The van der Waals surface area contributed by atoms with Gasteiger partial charge in [-0.25, -0.2) is 4.98 Å². The number of benzene rings is 1. The molecule has 1 aromatic carbocycles. The quantitative estimate of drug-likeness (QED) is 0.895. The maximum Gasteiger partial charge on any atom is 0.222 e. The second kappa shape index (κ2) is 5.70. The number of aromatic nitrogens is 2. The molecule has 2 atom stereocenters. The summed E-state index contributed by atoms with van der Waals surface area (Å²) >= 11 is 0. The normalized spacial score (nSPS) is 22.9.